The molecule has 0 radical (unpaired) electrons. The molecule has 0 fully saturated rings. The van der Waals surface area contributed by atoms with Gasteiger partial charge < -0.3 is 14.9 Å². The van der Waals surface area contributed by atoms with Gasteiger partial charge in [0.1, 0.15) is 11.7 Å². The van der Waals surface area contributed by atoms with Crippen LogP contribution in [-0.2, 0) is 9.53 Å². The van der Waals surface area contributed by atoms with Crippen LogP contribution >= 0.6 is 0 Å². The van der Waals surface area contributed by atoms with E-state index < -0.39 is 17.7 Å². The summed E-state index contributed by atoms with van der Waals surface area (Å²) in [6, 6.07) is 0. The summed E-state index contributed by atoms with van der Waals surface area (Å²) < 4.78 is 5.11. The van der Waals surface area contributed by atoms with Crippen molar-refractivity contribution in [2.45, 2.75) is 25.6 Å². The van der Waals surface area contributed by atoms with E-state index in [4.69, 9.17) is 9.84 Å². The zero-order chi connectivity index (χ0) is 11.6. The third-order valence-electron chi connectivity index (χ3n) is 2.74. The summed E-state index contributed by atoms with van der Waals surface area (Å²) in [5, 5.41) is 19.1. The van der Waals surface area contributed by atoms with Gasteiger partial charge in [-0.15, -0.1) is 0 Å². The van der Waals surface area contributed by atoms with Gasteiger partial charge in [0, 0.05) is 7.11 Å². The van der Waals surface area contributed by atoms with Crippen LogP contribution in [0.1, 0.15) is 13.8 Å². The van der Waals surface area contributed by atoms with E-state index >= 15 is 0 Å². The van der Waals surface area contributed by atoms with E-state index in [1.807, 2.05) is 13.8 Å². The Morgan fingerprint density at radius 1 is 1.60 bits per heavy atom. The van der Waals surface area contributed by atoms with Crippen molar-refractivity contribution >= 4 is 5.97 Å². The second-order valence-corrected chi connectivity index (χ2v) is 3.96. The van der Waals surface area contributed by atoms with Gasteiger partial charge in [-0.3, -0.25) is 0 Å². The molecule has 0 bridgehead atoms. The highest BCUT2D eigenvalue weighted by atomic mass is 16.5. The molecule has 0 aliphatic heterocycles. The number of hydrogen-bond acceptors (Lipinski definition) is 3. The number of carboxylic acid groups (broad SMARTS) is 1. The van der Waals surface area contributed by atoms with Gasteiger partial charge in [0.2, 0.25) is 0 Å². The van der Waals surface area contributed by atoms with E-state index in [2.05, 4.69) is 0 Å². The molecule has 1 aliphatic rings. The molecule has 2 atom stereocenters. The third kappa shape index (κ3) is 2.11. The lowest BCUT2D eigenvalue weighted by Gasteiger charge is -2.36. The van der Waals surface area contributed by atoms with Crippen LogP contribution in [0.25, 0.3) is 0 Å². The van der Waals surface area contributed by atoms with Gasteiger partial charge in [-0.2, -0.15) is 0 Å². The molecule has 2 N–H and O–H groups in total. The number of carbonyl (C=O) groups is 1. The maximum Gasteiger partial charge on any atom is 0.335 e. The van der Waals surface area contributed by atoms with Crippen molar-refractivity contribution in [3.8, 4) is 0 Å². The Morgan fingerprint density at radius 3 is 2.60 bits per heavy atom. The SMILES string of the molecule is COC1C=C(C(=O)O)C=CC1(O)C(C)C. The molecule has 0 aromatic heterocycles. The number of hydrogen-bond donors (Lipinski definition) is 2. The van der Waals surface area contributed by atoms with E-state index in [0.29, 0.717) is 0 Å². The van der Waals surface area contributed by atoms with Crippen molar-refractivity contribution in [2.24, 2.45) is 5.92 Å². The average Bonchev–Trinajstić information content (AvgIpc) is 2.17. The first-order valence-electron chi connectivity index (χ1n) is 4.81. The Kier molecular flexibility index (Phi) is 3.31. The van der Waals surface area contributed by atoms with E-state index in [0.717, 1.165) is 0 Å². The van der Waals surface area contributed by atoms with Crippen molar-refractivity contribution in [1.82, 2.24) is 0 Å². The van der Waals surface area contributed by atoms with Crippen LogP contribution in [0.15, 0.2) is 23.8 Å². The quantitative estimate of drug-likeness (QED) is 0.731. The molecule has 0 aromatic carbocycles. The normalized spacial score (nSPS) is 30.5. The number of aliphatic hydroxyl groups is 1. The summed E-state index contributed by atoms with van der Waals surface area (Å²) in [5.74, 6) is -1.07. The molecular formula is C11H16O4. The van der Waals surface area contributed by atoms with Gasteiger partial charge in [-0.05, 0) is 24.1 Å². The average molecular weight is 212 g/mol. The second-order valence-electron chi connectivity index (χ2n) is 3.96. The van der Waals surface area contributed by atoms with Crippen molar-refractivity contribution < 1.29 is 19.7 Å². The van der Waals surface area contributed by atoms with E-state index in [9.17, 15) is 9.90 Å². The maximum absolute atomic E-state index is 10.7. The minimum Gasteiger partial charge on any atom is -0.478 e. The first-order chi connectivity index (χ1) is 6.91. The standard InChI is InChI=1S/C11H16O4/c1-7(2)11(14)5-4-8(10(12)13)6-9(11)15-3/h4-7,9,14H,1-3H3,(H,12,13). The fraction of sp³-hybridized carbons (Fsp3) is 0.545. The Labute approximate surface area is 88.9 Å². The molecule has 4 nitrogen and oxygen atoms in total. The van der Waals surface area contributed by atoms with Gasteiger partial charge in [-0.1, -0.05) is 13.8 Å². The smallest absolute Gasteiger partial charge is 0.335 e. The van der Waals surface area contributed by atoms with E-state index in [1.54, 1.807) is 0 Å². The fourth-order valence-corrected chi connectivity index (χ4v) is 1.59. The summed E-state index contributed by atoms with van der Waals surface area (Å²) in [6.45, 7) is 3.71. The molecule has 15 heavy (non-hydrogen) atoms. The summed E-state index contributed by atoms with van der Waals surface area (Å²) in [6.07, 6.45) is 3.73. The molecule has 1 rings (SSSR count). The Hall–Kier alpha value is -1.13. The predicted molar refractivity (Wildman–Crippen MR) is 55.4 cm³/mol. The lowest BCUT2D eigenvalue weighted by Crippen LogP contribution is -2.47. The molecular weight excluding hydrogens is 196 g/mol. The van der Waals surface area contributed by atoms with E-state index in [-0.39, 0.29) is 11.5 Å². The van der Waals surface area contributed by atoms with Crippen LogP contribution in [0, 0.1) is 5.92 Å². The second kappa shape index (κ2) is 4.16. The van der Waals surface area contributed by atoms with Crippen LogP contribution < -0.4 is 0 Å². The van der Waals surface area contributed by atoms with Crippen molar-refractivity contribution in [2.75, 3.05) is 7.11 Å². The molecule has 0 aromatic rings. The molecule has 2 unspecified atom stereocenters. The van der Waals surface area contributed by atoms with Crippen molar-refractivity contribution in [1.29, 1.82) is 0 Å². The maximum atomic E-state index is 10.7. The Bertz CT molecular complexity index is 317. The summed E-state index contributed by atoms with van der Waals surface area (Å²) in [4.78, 5) is 10.7. The molecule has 84 valence electrons. The molecule has 0 spiro atoms. The van der Waals surface area contributed by atoms with Crippen molar-refractivity contribution in [3.05, 3.63) is 23.8 Å². The van der Waals surface area contributed by atoms with Crippen LogP contribution in [0.5, 0.6) is 0 Å². The van der Waals surface area contributed by atoms with Gasteiger partial charge in [0.25, 0.3) is 0 Å². The highest BCUT2D eigenvalue weighted by molar-refractivity contribution is 5.90. The van der Waals surface area contributed by atoms with E-state index in [1.165, 1.54) is 25.3 Å². The fourth-order valence-electron chi connectivity index (χ4n) is 1.59. The Morgan fingerprint density at radius 2 is 2.20 bits per heavy atom. The lowest BCUT2D eigenvalue weighted by molar-refractivity contribution is -0.132. The zero-order valence-corrected chi connectivity index (χ0v) is 9.10. The van der Waals surface area contributed by atoms with Gasteiger partial charge in [-0.25, -0.2) is 4.79 Å². The van der Waals surface area contributed by atoms with Crippen LogP contribution in [-0.4, -0.2) is 35.0 Å². The highest BCUT2D eigenvalue weighted by Crippen LogP contribution is 2.30. The Balaban J connectivity index is 3.03. The number of aliphatic carboxylic acids is 1. The zero-order valence-electron chi connectivity index (χ0n) is 9.10. The summed E-state index contributed by atoms with van der Waals surface area (Å²) in [5.41, 5.74) is -0.986. The number of methoxy groups -OCH3 is 1. The first kappa shape index (κ1) is 11.9. The molecule has 1 aliphatic carbocycles. The minimum absolute atomic E-state index is 0.0507. The minimum atomic E-state index is -1.13. The van der Waals surface area contributed by atoms with Crippen molar-refractivity contribution in [3.63, 3.8) is 0 Å². The number of rotatable bonds is 3. The summed E-state index contributed by atoms with van der Waals surface area (Å²) >= 11 is 0. The molecule has 0 heterocycles. The predicted octanol–water partition coefficient (Wildman–Crippen LogP) is 0.969. The molecule has 0 amide bonds. The van der Waals surface area contributed by atoms with Gasteiger partial charge >= 0.3 is 5.97 Å². The lowest BCUT2D eigenvalue weighted by atomic mass is 9.80. The van der Waals surface area contributed by atoms with Gasteiger partial charge in [0.15, 0.2) is 0 Å². The van der Waals surface area contributed by atoms with Crippen LogP contribution in [0.3, 0.4) is 0 Å². The number of ether oxygens (including phenoxy) is 1. The molecule has 0 saturated heterocycles. The summed E-state index contributed by atoms with van der Waals surface area (Å²) in [7, 11) is 1.45. The molecule has 4 heteroatoms. The number of carboxylic acids is 1. The third-order valence-corrected chi connectivity index (χ3v) is 2.74. The largest absolute Gasteiger partial charge is 0.478 e. The first-order valence-corrected chi connectivity index (χ1v) is 4.81. The highest BCUT2D eigenvalue weighted by Gasteiger charge is 2.39. The van der Waals surface area contributed by atoms with Gasteiger partial charge in [0.05, 0.1) is 5.57 Å². The van der Waals surface area contributed by atoms with Crippen LogP contribution in [0.4, 0.5) is 0 Å². The topological polar surface area (TPSA) is 66.8 Å². The van der Waals surface area contributed by atoms with Crippen LogP contribution in [0.2, 0.25) is 0 Å². The monoisotopic (exact) mass is 212 g/mol. The molecule has 0 saturated carbocycles.